The summed E-state index contributed by atoms with van der Waals surface area (Å²) in [6.45, 7) is 2.22. The van der Waals surface area contributed by atoms with Crippen molar-refractivity contribution in [3.8, 4) is 0 Å². The molecule has 34 heavy (non-hydrogen) atoms. The summed E-state index contributed by atoms with van der Waals surface area (Å²) in [5.41, 5.74) is 3.51. The number of carbonyl (C=O) groups is 1. The van der Waals surface area contributed by atoms with Crippen LogP contribution in [0.5, 0.6) is 0 Å². The van der Waals surface area contributed by atoms with Crippen molar-refractivity contribution in [1.29, 1.82) is 0 Å². The van der Waals surface area contributed by atoms with Crippen LogP contribution in [-0.2, 0) is 6.54 Å². The normalized spacial score (nSPS) is 11.3. The van der Waals surface area contributed by atoms with Gasteiger partial charge in [-0.05, 0) is 60.7 Å². The average molecular weight is 490 g/mol. The number of hydrogen-bond donors (Lipinski definition) is 1. The standard InChI is InChI=1S/C25H20ClN5O2S/c1-15-10-11-20-21(12-15)30(14-16-6-3-4-9-19(16)26)25(33)23-28-22(29-31(20)23)24(32)27-17-7-5-8-18(13-17)34-2/h3-13H,14H2,1-2H3,(H,27,32). The molecule has 0 aliphatic carbocycles. The maximum Gasteiger partial charge on any atom is 0.296 e. The number of hydrogen-bond acceptors (Lipinski definition) is 5. The van der Waals surface area contributed by atoms with Crippen molar-refractivity contribution < 1.29 is 4.79 Å². The summed E-state index contributed by atoms with van der Waals surface area (Å²) in [4.78, 5) is 31.8. The summed E-state index contributed by atoms with van der Waals surface area (Å²) < 4.78 is 3.06. The number of fused-ring (bicyclic) bond motifs is 3. The molecule has 0 radical (unpaired) electrons. The van der Waals surface area contributed by atoms with Crippen molar-refractivity contribution in [3.05, 3.63) is 99.1 Å². The second kappa shape index (κ2) is 8.96. The Kier molecular flexibility index (Phi) is 5.85. The molecule has 5 aromatic rings. The summed E-state index contributed by atoms with van der Waals surface area (Å²) in [7, 11) is 0. The number of nitrogens with zero attached hydrogens (tertiary/aromatic N) is 4. The lowest BCUT2D eigenvalue weighted by molar-refractivity contribution is 0.101. The first-order valence-corrected chi connectivity index (χ1v) is 12.1. The molecule has 170 valence electrons. The van der Waals surface area contributed by atoms with Crippen molar-refractivity contribution in [2.45, 2.75) is 18.4 Å². The van der Waals surface area contributed by atoms with Gasteiger partial charge in [-0.1, -0.05) is 41.9 Å². The molecule has 7 nitrogen and oxygen atoms in total. The second-order valence-electron chi connectivity index (χ2n) is 7.83. The minimum absolute atomic E-state index is 0.0754. The Labute approximate surface area is 204 Å². The molecule has 0 saturated heterocycles. The van der Waals surface area contributed by atoms with Crippen LogP contribution in [0.3, 0.4) is 0 Å². The van der Waals surface area contributed by atoms with Gasteiger partial charge in [0.25, 0.3) is 11.5 Å². The van der Waals surface area contributed by atoms with Gasteiger partial charge in [0, 0.05) is 15.6 Å². The van der Waals surface area contributed by atoms with E-state index in [0.717, 1.165) is 16.0 Å². The van der Waals surface area contributed by atoms with Gasteiger partial charge >= 0.3 is 0 Å². The topological polar surface area (TPSA) is 81.3 Å². The first-order valence-electron chi connectivity index (χ1n) is 10.5. The molecule has 5 rings (SSSR count). The zero-order valence-electron chi connectivity index (χ0n) is 18.4. The molecule has 2 aromatic heterocycles. The van der Waals surface area contributed by atoms with Gasteiger partial charge < -0.3 is 5.32 Å². The third-order valence-electron chi connectivity index (χ3n) is 5.51. The summed E-state index contributed by atoms with van der Waals surface area (Å²) in [5, 5.41) is 7.77. The van der Waals surface area contributed by atoms with Crippen molar-refractivity contribution in [2.75, 3.05) is 11.6 Å². The summed E-state index contributed by atoms with van der Waals surface area (Å²) in [5.74, 6) is -0.566. The van der Waals surface area contributed by atoms with Crippen LogP contribution in [0.15, 0.2) is 76.4 Å². The SMILES string of the molecule is CSc1cccc(NC(=O)c2nc3c(=O)n(Cc4ccccc4Cl)c4cc(C)ccc4n3n2)c1. The molecule has 0 fully saturated rings. The summed E-state index contributed by atoms with van der Waals surface area (Å²) in [6.07, 6.45) is 1.96. The largest absolute Gasteiger partial charge is 0.319 e. The van der Waals surface area contributed by atoms with Crippen LogP contribution in [0, 0.1) is 6.92 Å². The van der Waals surface area contributed by atoms with E-state index < -0.39 is 5.91 Å². The third kappa shape index (κ3) is 4.06. The highest BCUT2D eigenvalue weighted by Gasteiger charge is 2.20. The fourth-order valence-electron chi connectivity index (χ4n) is 3.82. The monoisotopic (exact) mass is 489 g/mol. The first kappa shape index (κ1) is 22.2. The maximum absolute atomic E-state index is 13.5. The Morgan fingerprint density at radius 3 is 2.68 bits per heavy atom. The van der Waals surface area contributed by atoms with Gasteiger partial charge in [0.15, 0.2) is 0 Å². The molecular weight excluding hydrogens is 470 g/mol. The lowest BCUT2D eigenvalue weighted by Crippen LogP contribution is -2.24. The van der Waals surface area contributed by atoms with Gasteiger partial charge in [-0.15, -0.1) is 16.9 Å². The summed E-state index contributed by atoms with van der Waals surface area (Å²) >= 11 is 7.95. The van der Waals surface area contributed by atoms with Gasteiger partial charge in [-0.25, -0.2) is 4.52 Å². The van der Waals surface area contributed by atoms with E-state index in [1.54, 1.807) is 28.5 Å². The number of anilines is 1. The predicted molar refractivity (Wildman–Crippen MR) is 136 cm³/mol. The Morgan fingerprint density at radius 1 is 1.06 bits per heavy atom. The maximum atomic E-state index is 13.5. The van der Waals surface area contributed by atoms with E-state index in [2.05, 4.69) is 15.4 Å². The highest BCUT2D eigenvalue weighted by molar-refractivity contribution is 7.98. The average Bonchev–Trinajstić information content (AvgIpc) is 3.29. The Hall–Kier alpha value is -3.62. The van der Waals surface area contributed by atoms with Crippen LogP contribution >= 0.6 is 23.4 Å². The molecule has 0 bridgehead atoms. The lowest BCUT2D eigenvalue weighted by atomic mass is 10.2. The molecule has 0 spiro atoms. The Morgan fingerprint density at radius 2 is 1.88 bits per heavy atom. The van der Waals surface area contributed by atoms with Crippen LogP contribution in [0.4, 0.5) is 5.69 Å². The molecule has 9 heteroatoms. The quantitative estimate of drug-likeness (QED) is 0.350. The van der Waals surface area contributed by atoms with Crippen LogP contribution in [-0.4, -0.2) is 31.3 Å². The van der Waals surface area contributed by atoms with Gasteiger partial charge in [0.2, 0.25) is 11.5 Å². The Balaban J connectivity index is 1.63. The number of amides is 1. The van der Waals surface area contributed by atoms with E-state index in [0.29, 0.717) is 21.7 Å². The molecule has 3 aromatic carbocycles. The number of halogens is 1. The number of rotatable bonds is 5. The predicted octanol–water partition coefficient (Wildman–Crippen LogP) is 5.03. The lowest BCUT2D eigenvalue weighted by Gasteiger charge is -2.13. The molecule has 0 unspecified atom stereocenters. The third-order valence-corrected chi connectivity index (χ3v) is 6.60. The zero-order valence-corrected chi connectivity index (χ0v) is 20.0. The van der Waals surface area contributed by atoms with Crippen LogP contribution in [0.1, 0.15) is 21.7 Å². The van der Waals surface area contributed by atoms with Crippen LogP contribution in [0.2, 0.25) is 5.02 Å². The van der Waals surface area contributed by atoms with E-state index in [1.165, 1.54) is 4.52 Å². The highest BCUT2D eigenvalue weighted by Crippen LogP contribution is 2.22. The molecule has 1 amide bonds. The molecular formula is C25H20ClN5O2S. The fourth-order valence-corrected chi connectivity index (χ4v) is 4.47. The van der Waals surface area contributed by atoms with Crippen molar-refractivity contribution in [3.63, 3.8) is 0 Å². The van der Waals surface area contributed by atoms with E-state index in [9.17, 15) is 9.59 Å². The smallest absolute Gasteiger partial charge is 0.296 e. The minimum atomic E-state index is -0.487. The van der Waals surface area contributed by atoms with Crippen molar-refractivity contribution in [2.24, 2.45) is 0 Å². The van der Waals surface area contributed by atoms with E-state index in [4.69, 9.17) is 11.6 Å². The minimum Gasteiger partial charge on any atom is -0.319 e. The first-order chi connectivity index (χ1) is 16.4. The summed E-state index contributed by atoms with van der Waals surface area (Å²) in [6, 6.07) is 20.6. The van der Waals surface area contributed by atoms with Crippen molar-refractivity contribution in [1.82, 2.24) is 19.2 Å². The number of aryl methyl sites for hydroxylation is 1. The van der Waals surface area contributed by atoms with Crippen LogP contribution < -0.4 is 10.9 Å². The van der Waals surface area contributed by atoms with Gasteiger partial charge in [-0.3, -0.25) is 14.2 Å². The zero-order chi connectivity index (χ0) is 23.8. The molecule has 0 aliphatic rings. The number of benzene rings is 3. The van der Waals surface area contributed by atoms with E-state index in [-0.39, 0.29) is 23.6 Å². The van der Waals surface area contributed by atoms with Crippen LogP contribution in [0.25, 0.3) is 16.7 Å². The molecule has 0 saturated carbocycles. The molecule has 1 N–H and O–H groups in total. The second-order valence-corrected chi connectivity index (χ2v) is 9.12. The van der Waals surface area contributed by atoms with Gasteiger partial charge in [0.1, 0.15) is 0 Å². The number of nitrogens with one attached hydrogen (secondary N) is 1. The Bertz CT molecular complexity index is 1630. The van der Waals surface area contributed by atoms with E-state index in [1.807, 2.05) is 67.8 Å². The van der Waals surface area contributed by atoms with Gasteiger partial charge in [-0.2, -0.15) is 4.98 Å². The molecule has 2 heterocycles. The van der Waals surface area contributed by atoms with Crippen molar-refractivity contribution >= 4 is 51.6 Å². The molecule has 0 aliphatic heterocycles. The fraction of sp³-hybridized carbons (Fsp3) is 0.120. The highest BCUT2D eigenvalue weighted by atomic mass is 35.5. The number of aromatic nitrogens is 4. The van der Waals surface area contributed by atoms with E-state index >= 15 is 0 Å². The molecule has 0 atom stereocenters. The number of thioether (sulfide) groups is 1. The number of carbonyl (C=O) groups excluding carboxylic acids is 1. The van der Waals surface area contributed by atoms with Gasteiger partial charge in [0.05, 0.1) is 17.6 Å².